The highest BCUT2D eigenvalue weighted by molar-refractivity contribution is 5.89. The van der Waals surface area contributed by atoms with Crippen LogP contribution in [0.5, 0.6) is 17.2 Å². The van der Waals surface area contributed by atoms with E-state index in [0.29, 0.717) is 17.1 Å². The molecule has 0 aliphatic carbocycles. The molecule has 1 N–H and O–H groups in total. The van der Waals surface area contributed by atoms with Gasteiger partial charge in [-0.05, 0) is 35.9 Å². The van der Waals surface area contributed by atoms with E-state index >= 15 is 0 Å². The van der Waals surface area contributed by atoms with Crippen molar-refractivity contribution in [3.8, 4) is 17.2 Å². The molecule has 0 amide bonds. The molecule has 5 nitrogen and oxygen atoms in total. The van der Waals surface area contributed by atoms with Crippen molar-refractivity contribution in [3.05, 3.63) is 59.2 Å². The lowest BCUT2D eigenvalue weighted by molar-refractivity contribution is 0.0557. The maximum absolute atomic E-state index is 14.4. The molecular weight excluding hydrogens is 358 g/mol. The molecule has 0 unspecified atom stereocenters. The first-order chi connectivity index (χ1) is 12.8. The molecular formula is C20H20F2O5. The summed E-state index contributed by atoms with van der Waals surface area (Å²) in [5.74, 6) is -3.54. The molecule has 0 fully saturated rings. The van der Waals surface area contributed by atoms with Gasteiger partial charge >= 0.3 is 5.97 Å². The minimum absolute atomic E-state index is 0.0546. The van der Waals surface area contributed by atoms with E-state index in [-0.39, 0.29) is 16.9 Å². The zero-order valence-corrected chi connectivity index (χ0v) is 15.2. The number of alkyl halides is 2. The van der Waals surface area contributed by atoms with Crippen molar-refractivity contribution < 1.29 is 32.9 Å². The smallest absolute Gasteiger partial charge is 0.335 e. The van der Waals surface area contributed by atoms with E-state index < -0.39 is 18.3 Å². The van der Waals surface area contributed by atoms with Crippen molar-refractivity contribution in [2.24, 2.45) is 0 Å². The Morgan fingerprint density at radius 2 is 1.70 bits per heavy atom. The minimum atomic E-state index is -3.26. The number of benzene rings is 2. The molecule has 0 atom stereocenters. The maximum atomic E-state index is 14.4. The van der Waals surface area contributed by atoms with Crippen LogP contribution in [0.4, 0.5) is 8.78 Å². The van der Waals surface area contributed by atoms with Crippen LogP contribution in [-0.4, -0.2) is 38.3 Å². The van der Waals surface area contributed by atoms with Gasteiger partial charge in [0.2, 0.25) is 5.75 Å². The number of carbonyl (C=O) groups is 1. The van der Waals surface area contributed by atoms with Crippen molar-refractivity contribution in [2.75, 3.05) is 21.3 Å². The molecule has 0 spiro atoms. The number of rotatable bonds is 8. The lowest BCUT2D eigenvalue weighted by Gasteiger charge is -2.16. The van der Waals surface area contributed by atoms with Crippen LogP contribution < -0.4 is 14.2 Å². The molecule has 0 bridgehead atoms. The van der Waals surface area contributed by atoms with E-state index in [1.165, 1.54) is 51.7 Å². The number of hydrogen-bond donors (Lipinski definition) is 1. The van der Waals surface area contributed by atoms with Gasteiger partial charge in [-0.25, -0.2) is 13.6 Å². The Balaban J connectivity index is 2.33. The molecule has 2 rings (SSSR count). The van der Waals surface area contributed by atoms with Crippen LogP contribution in [0.3, 0.4) is 0 Å². The molecule has 27 heavy (non-hydrogen) atoms. The minimum Gasteiger partial charge on any atom is -0.493 e. The Morgan fingerprint density at radius 1 is 1.04 bits per heavy atom. The average Bonchev–Trinajstić information content (AvgIpc) is 2.65. The molecule has 2 aromatic rings. The monoisotopic (exact) mass is 378 g/mol. The summed E-state index contributed by atoms with van der Waals surface area (Å²) in [5.41, 5.74) is 0.287. The number of carboxylic acids is 1. The Labute approximate surface area is 155 Å². The number of methoxy groups -OCH3 is 3. The van der Waals surface area contributed by atoms with E-state index in [1.807, 2.05) is 0 Å². The Bertz CT molecular complexity index is 846. The second-order valence-corrected chi connectivity index (χ2v) is 5.66. The van der Waals surface area contributed by atoms with Crippen molar-refractivity contribution in [2.45, 2.75) is 12.3 Å². The normalized spacial score (nSPS) is 11.4. The van der Waals surface area contributed by atoms with Crippen molar-refractivity contribution >= 4 is 12.0 Å². The number of allylic oxidation sites excluding steroid dienone is 1. The van der Waals surface area contributed by atoms with Crippen LogP contribution >= 0.6 is 0 Å². The fourth-order valence-electron chi connectivity index (χ4n) is 2.66. The molecule has 7 heteroatoms. The van der Waals surface area contributed by atoms with E-state index in [0.717, 1.165) is 6.08 Å². The molecule has 0 heterocycles. The van der Waals surface area contributed by atoms with Gasteiger partial charge in [0.05, 0.1) is 26.9 Å². The van der Waals surface area contributed by atoms with Crippen LogP contribution in [0.15, 0.2) is 42.5 Å². The van der Waals surface area contributed by atoms with Gasteiger partial charge in [0.15, 0.2) is 11.5 Å². The molecule has 0 radical (unpaired) electrons. The van der Waals surface area contributed by atoms with Crippen LogP contribution in [0.1, 0.15) is 21.5 Å². The first-order valence-electron chi connectivity index (χ1n) is 8.00. The number of aromatic carboxylic acids is 1. The van der Waals surface area contributed by atoms with E-state index in [4.69, 9.17) is 19.3 Å². The lowest BCUT2D eigenvalue weighted by Crippen LogP contribution is -2.18. The van der Waals surface area contributed by atoms with Gasteiger partial charge in [0, 0.05) is 12.0 Å². The van der Waals surface area contributed by atoms with Gasteiger partial charge in [0.25, 0.3) is 5.92 Å². The number of carboxylic acid groups (broad SMARTS) is 1. The highest BCUT2D eigenvalue weighted by Gasteiger charge is 2.28. The van der Waals surface area contributed by atoms with Crippen molar-refractivity contribution in [3.63, 3.8) is 0 Å². The molecule has 0 aliphatic rings. The summed E-state index contributed by atoms with van der Waals surface area (Å²) in [6, 6.07) is 8.85. The molecule has 0 aliphatic heterocycles. The summed E-state index contributed by atoms with van der Waals surface area (Å²) in [5, 5.41) is 9.14. The van der Waals surface area contributed by atoms with Crippen LogP contribution in [0, 0.1) is 0 Å². The third-order valence-electron chi connectivity index (χ3n) is 3.92. The first-order valence-corrected chi connectivity index (χ1v) is 8.00. The molecule has 144 valence electrons. The van der Waals surface area contributed by atoms with Crippen LogP contribution in [0.2, 0.25) is 0 Å². The number of halogens is 2. The van der Waals surface area contributed by atoms with Gasteiger partial charge in [-0.2, -0.15) is 0 Å². The van der Waals surface area contributed by atoms with Crippen LogP contribution in [0.25, 0.3) is 6.08 Å². The fraction of sp³-hybridized carbons (Fsp3) is 0.250. The predicted octanol–water partition coefficient (Wildman–Crippen LogP) is 4.30. The summed E-state index contributed by atoms with van der Waals surface area (Å²) in [4.78, 5) is 11.2. The van der Waals surface area contributed by atoms with Gasteiger partial charge in [0.1, 0.15) is 0 Å². The summed E-state index contributed by atoms with van der Waals surface area (Å²) < 4.78 is 44.5. The van der Waals surface area contributed by atoms with E-state index in [9.17, 15) is 13.6 Å². The third kappa shape index (κ3) is 4.75. The molecule has 2 aromatic carbocycles. The number of hydrogen-bond acceptors (Lipinski definition) is 4. The first kappa shape index (κ1) is 20.2. The van der Waals surface area contributed by atoms with E-state index in [1.54, 1.807) is 12.1 Å². The van der Waals surface area contributed by atoms with Gasteiger partial charge < -0.3 is 19.3 Å². The lowest BCUT2D eigenvalue weighted by atomic mass is 10.00. The number of ether oxygens (including phenoxy) is 3. The highest BCUT2D eigenvalue weighted by atomic mass is 19.3. The maximum Gasteiger partial charge on any atom is 0.335 e. The molecule has 0 aromatic heterocycles. The topological polar surface area (TPSA) is 65.0 Å². The fourth-order valence-corrected chi connectivity index (χ4v) is 2.66. The zero-order valence-electron chi connectivity index (χ0n) is 15.2. The average molecular weight is 378 g/mol. The van der Waals surface area contributed by atoms with E-state index in [2.05, 4.69) is 0 Å². The molecule has 0 saturated heterocycles. The standard InChI is InChI=1S/C20H20F2O5/c1-25-16-9-8-13(17(26-2)18(16)27-3)10-11-20(21,22)12-14-6-4-5-7-15(14)19(23)24/h4-11H,12H2,1-3H3,(H,23,24)/b11-10+. The quantitative estimate of drug-likeness (QED) is 0.742. The summed E-state index contributed by atoms with van der Waals surface area (Å²) >= 11 is 0. The van der Waals surface area contributed by atoms with Gasteiger partial charge in [-0.1, -0.05) is 18.2 Å². The van der Waals surface area contributed by atoms with Crippen LogP contribution in [-0.2, 0) is 6.42 Å². The second kappa shape index (κ2) is 8.53. The summed E-state index contributed by atoms with van der Waals surface area (Å²) in [6.07, 6.45) is 1.20. The predicted molar refractivity (Wildman–Crippen MR) is 97.2 cm³/mol. The van der Waals surface area contributed by atoms with Crippen molar-refractivity contribution in [1.82, 2.24) is 0 Å². The molecule has 0 saturated carbocycles. The van der Waals surface area contributed by atoms with Gasteiger partial charge in [-0.15, -0.1) is 0 Å². The SMILES string of the molecule is COc1ccc(/C=C/C(F)(F)Cc2ccccc2C(=O)O)c(OC)c1OC. The largest absolute Gasteiger partial charge is 0.493 e. The Morgan fingerprint density at radius 3 is 2.30 bits per heavy atom. The Hall–Kier alpha value is -3.09. The Kier molecular flexibility index (Phi) is 6.39. The second-order valence-electron chi connectivity index (χ2n) is 5.66. The summed E-state index contributed by atoms with van der Waals surface area (Å²) in [6.45, 7) is 0. The summed E-state index contributed by atoms with van der Waals surface area (Å²) in [7, 11) is 4.28. The van der Waals surface area contributed by atoms with Crippen molar-refractivity contribution in [1.29, 1.82) is 0 Å². The van der Waals surface area contributed by atoms with Gasteiger partial charge in [-0.3, -0.25) is 0 Å². The zero-order chi connectivity index (χ0) is 20.0. The third-order valence-corrected chi connectivity index (χ3v) is 3.92. The highest BCUT2D eigenvalue weighted by Crippen LogP contribution is 2.40.